The van der Waals surface area contributed by atoms with E-state index in [1.54, 1.807) is 24.7 Å². The molecule has 1 aromatic heterocycles. The number of carbonyl (C=O) groups excluding carboxylic acids is 2. The highest BCUT2D eigenvalue weighted by atomic mass is 16.5. The van der Waals surface area contributed by atoms with Crippen molar-refractivity contribution < 1.29 is 14.3 Å². The molecule has 162 valence electrons. The van der Waals surface area contributed by atoms with Gasteiger partial charge in [-0.1, -0.05) is 20.8 Å². The number of aromatic nitrogens is 2. The summed E-state index contributed by atoms with van der Waals surface area (Å²) in [5.41, 5.74) is 1.76. The molecule has 1 fully saturated rings. The summed E-state index contributed by atoms with van der Waals surface area (Å²) in [6, 6.07) is 4.86. The molecule has 1 atom stereocenters. The molecule has 2 N–H and O–H groups in total. The Balaban J connectivity index is 1.80. The average molecular weight is 414 g/mol. The Labute approximate surface area is 177 Å². The van der Waals surface area contributed by atoms with Crippen molar-refractivity contribution in [1.29, 1.82) is 0 Å². The molecule has 2 heterocycles. The lowest BCUT2D eigenvalue weighted by molar-refractivity contribution is 0.0600. The van der Waals surface area contributed by atoms with Gasteiger partial charge in [-0.15, -0.1) is 0 Å². The minimum atomic E-state index is -0.431. The molecule has 0 spiro atoms. The van der Waals surface area contributed by atoms with E-state index in [9.17, 15) is 9.59 Å². The molecule has 1 saturated heterocycles. The number of amides is 2. The minimum absolute atomic E-state index is 0.120. The van der Waals surface area contributed by atoms with Gasteiger partial charge < -0.3 is 24.8 Å². The number of nitrogens with zero attached hydrogens (tertiary/aromatic N) is 3. The fourth-order valence-electron chi connectivity index (χ4n) is 3.57. The van der Waals surface area contributed by atoms with Gasteiger partial charge in [0, 0.05) is 32.0 Å². The first-order valence-corrected chi connectivity index (χ1v) is 10.3. The van der Waals surface area contributed by atoms with Gasteiger partial charge in [0.25, 0.3) is 0 Å². The quantitative estimate of drug-likeness (QED) is 0.708. The van der Waals surface area contributed by atoms with Crippen LogP contribution in [0.5, 0.6) is 0 Å². The molecule has 2 aromatic rings. The second-order valence-electron chi connectivity index (χ2n) is 8.69. The monoisotopic (exact) mass is 413 g/mol. The van der Waals surface area contributed by atoms with Crippen molar-refractivity contribution in [2.24, 2.45) is 5.41 Å². The summed E-state index contributed by atoms with van der Waals surface area (Å²) in [4.78, 5) is 31.2. The van der Waals surface area contributed by atoms with Crippen LogP contribution in [0.2, 0.25) is 0 Å². The lowest BCUT2D eigenvalue weighted by Crippen LogP contribution is -2.48. The van der Waals surface area contributed by atoms with E-state index in [0.717, 1.165) is 31.6 Å². The predicted octanol–water partition coefficient (Wildman–Crippen LogP) is 3.51. The molecular weight excluding hydrogens is 382 g/mol. The second-order valence-corrected chi connectivity index (χ2v) is 8.69. The molecule has 0 aliphatic carbocycles. The number of hydrogen-bond acceptors (Lipinski definition) is 5. The zero-order valence-electron chi connectivity index (χ0n) is 18.1. The third-order valence-electron chi connectivity index (χ3n) is 5.42. The van der Waals surface area contributed by atoms with Gasteiger partial charge >= 0.3 is 12.0 Å². The van der Waals surface area contributed by atoms with Gasteiger partial charge in [0.05, 0.1) is 36.4 Å². The number of nitrogens with one attached hydrogen (secondary N) is 2. The molecule has 0 saturated carbocycles. The summed E-state index contributed by atoms with van der Waals surface area (Å²) in [7, 11) is 1.35. The number of imidazole rings is 1. The van der Waals surface area contributed by atoms with E-state index in [1.165, 1.54) is 7.11 Å². The van der Waals surface area contributed by atoms with E-state index in [4.69, 9.17) is 4.74 Å². The van der Waals surface area contributed by atoms with Crippen molar-refractivity contribution in [3.05, 3.63) is 42.5 Å². The van der Waals surface area contributed by atoms with Crippen LogP contribution in [0.1, 0.15) is 44.0 Å². The largest absolute Gasteiger partial charge is 0.465 e. The Morgan fingerprint density at radius 2 is 1.97 bits per heavy atom. The van der Waals surface area contributed by atoms with Gasteiger partial charge in [0.2, 0.25) is 0 Å². The number of hydrogen-bond donors (Lipinski definition) is 2. The van der Waals surface area contributed by atoms with Gasteiger partial charge in [0.1, 0.15) is 0 Å². The highest BCUT2D eigenvalue weighted by Crippen LogP contribution is 2.30. The van der Waals surface area contributed by atoms with E-state index in [0.29, 0.717) is 17.8 Å². The van der Waals surface area contributed by atoms with E-state index < -0.39 is 5.97 Å². The first-order valence-electron chi connectivity index (χ1n) is 10.3. The number of benzene rings is 1. The van der Waals surface area contributed by atoms with Crippen molar-refractivity contribution in [1.82, 2.24) is 14.9 Å². The summed E-state index contributed by atoms with van der Waals surface area (Å²) in [5.74, 6) is -0.431. The van der Waals surface area contributed by atoms with Crippen LogP contribution in [0.25, 0.3) is 0 Å². The van der Waals surface area contributed by atoms with Crippen LogP contribution in [-0.2, 0) is 11.3 Å². The van der Waals surface area contributed by atoms with E-state index in [1.807, 2.05) is 16.8 Å². The summed E-state index contributed by atoms with van der Waals surface area (Å²) in [6.45, 7) is 8.73. The number of esters is 1. The number of rotatable bonds is 6. The SMILES string of the molecule is COC(=O)c1ccc(N2CCCC2)c(NC(=O)NC(Cn2ccnc2)C(C)(C)C)c1. The number of urea groups is 1. The zero-order chi connectivity index (χ0) is 21.7. The molecule has 0 bridgehead atoms. The molecule has 1 unspecified atom stereocenters. The second kappa shape index (κ2) is 9.19. The number of anilines is 2. The fraction of sp³-hybridized carbons (Fsp3) is 0.500. The lowest BCUT2D eigenvalue weighted by atomic mass is 9.86. The van der Waals surface area contributed by atoms with Crippen LogP contribution in [0.3, 0.4) is 0 Å². The molecule has 1 aromatic carbocycles. The first kappa shape index (κ1) is 21.7. The number of carbonyl (C=O) groups is 2. The molecule has 0 radical (unpaired) electrons. The van der Waals surface area contributed by atoms with Gasteiger partial charge in [-0.25, -0.2) is 14.6 Å². The molecule has 3 rings (SSSR count). The standard InChI is InChI=1S/C22H31N5O3/c1-22(2,3)19(14-26-12-9-23-15-26)25-21(29)24-17-13-16(20(28)30-4)7-8-18(17)27-10-5-6-11-27/h7-9,12-13,15,19H,5-6,10-11,14H2,1-4H3,(H2,24,25,29). The maximum atomic E-state index is 12.9. The number of ether oxygens (including phenoxy) is 1. The third kappa shape index (κ3) is 5.31. The smallest absolute Gasteiger partial charge is 0.337 e. The molecule has 2 amide bonds. The first-order chi connectivity index (χ1) is 14.3. The van der Waals surface area contributed by atoms with Crippen molar-refractivity contribution >= 4 is 23.4 Å². The number of methoxy groups -OCH3 is 1. The molecular formula is C22H31N5O3. The minimum Gasteiger partial charge on any atom is -0.465 e. The van der Waals surface area contributed by atoms with Crippen LogP contribution in [0.15, 0.2) is 36.9 Å². The Hall–Kier alpha value is -3.03. The molecule has 8 heteroatoms. The lowest BCUT2D eigenvalue weighted by Gasteiger charge is -2.32. The maximum absolute atomic E-state index is 12.9. The summed E-state index contributed by atoms with van der Waals surface area (Å²) in [6.07, 6.45) is 7.57. The normalized spacial score (nSPS) is 15.0. The van der Waals surface area contributed by atoms with Crippen LogP contribution in [0.4, 0.5) is 16.2 Å². The average Bonchev–Trinajstić information content (AvgIpc) is 3.40. The van der Waals surface area contributed by atoms with Gasteiger partial charge in [0.15, 0.2) is 0 Å². The van der Waals surface area contributed by atoms with Gasteiger partial charge in [-0.2, -0.15) is 0 Å². The summed E-state index contributed by atoms with van der Waals surface area (Å²) in [5, 5.41) is 6.06. The van der Waals surface area contributed by atoms with E-state index in [2.05, 4.69) is 41.3 Å². The Bertz CT molecular complexity index is 867. The van der Waals surface area contributed by atoms with Crippen molar-refractivity contribution in [3.8, 4) is 0 Å². The van der Waals surface area contributed by atoms with Crippen LogP contribution >= 0.6 is 0 Å². The Morgan fingerprint density at radius 1 is 1.23 bits per heavy atom. The highest BCUT2D eigenvalue weighted by molar-refractivity contribution is 5.97. The zero-order valence-corrected chi connectivity index (χ0v) is 18.1. The van der Waals surface area contributed by atoms with Crippen molar-refractivity contribution in [2.45, 2.75) is 46.2 Å². The third-order valence-corrected chi connectivity index (χ3v) is 5.42. The van der Waals surface area contributed by atoms with Crippen molar-refractivity contribution in [2.75, 3.05) is 30.4 Å². The highest BCUT2D eigenvalue weighted by Gasteiger charge is 2.27. The van der Waals surface area contributed by atoms with Crippen LogP contribution in [0, 0.1) is 5.41 Å². The maximum Gasteiger partial charge on any atom is 0.337 e. The van der Waals surface area contributed by atoms with Gasteiger partial charge in [-0.3, -0.25) is 0 Å². The fourth-order valence-corrected chi connectivity index (χ4v) is 3.57. The molecule has 1 aliphatic rings. The molecule has 1 aliphatic heterocycles. The Morgan fingerprint density at radius 3 is 2.57 bits per heavy atom. The van der Waals surface area contributed by atoms with Crippen molar-refractivity contribution in [3.63, 3.8) is 0 Å². The van der Waals surface area contributed by atoms with E-state index >= 15 is 0 Å². The Kier molecular flexibility index (Phi) is 6.64. The van der Waals surface area contributed by atoms with Gasteiger partial charge in [-0.05, 0) is 36.5 Å². The summed E-state index contributed by atoms with van der Waals surface area (Å²) < 4.78 is 6.79. The van der Waals surface area contributed by atoms with Crippen LogP contribution in [-0.4, -0.2) is 47.8 Å². The summed E-state index contributed by atoms with van der Waals surface area (Å²) >= 11 is 0. The topological polar surface area (TPSA) is 88.5 Å². The van der Waals surface area contributed by atoms with E-state index in [-0.39, 0.29) is 17.5 Å². The molecule has 30 heavy (non-hydrogen) atoms. The molecule has 8 nitrogen and oxygen atoms in total. The van der Waals surface area contributed by atoms with Crippen LogP contribution < -0.4 is 15.5 Å². The predicted molar refractivity (Wildman–Crippen MR) is 117 cm³/mol.